The highest BCUT2D eigenvalue weighted by atomic mass is 16.5. The molecule has 4 nitrogen and oxygen atoms in total. The van der Waals surface area contributed by atoms with E-state index in [0.717, 1.165) is 35.6 Å². The standard InChI is InChI=1S/C26H29NO3/c1-3-4-5-6-19-29-24-15-11-21(12-16-24)20-7-9-22(10-8-20)26(28)30-25-17-13-23(27-2)14-18-25/h7-18,27H,3-6,19H2,1-2H3. The second-order valence-corrected chi connectivity index (χ2v) is 7.17. The van der Waals surface area contributed by atoms with E-state index in [2.05, 4.69) is 12.2 Å². The van der Waals surface area contributed by atoms with Gasteiger partial charge in [0, 0.05) is 12.7 Å². The van der Waals surface area contributed by atoms with Gasteiger partial charge in [0.05, 0.1) is 12.2 Å². The number of nitrogens with one attached hydrogen (secondary N) is 1. The van der Waals surface area contributed by atoms with Crippen molar-refractivity contribution in [3.63, 3.8) is 0 Å². The number of ether oxygens (including phenoxy) is 2. The first-order chi connectivity index (χ1) is 14.7. The average molecular weight is 404 g/mol. The Bertz CT molecular complexity index is 916. The van der Waals surface area contributed by atoms with Gasteiger partial charge in [0.2, 0.25) is 0 Å². The van der Waals surface area contributed by atoms with Gasteiger partial charge in [-0.05, 0) is 66.1 Å². The van der Waals surface area contributed by atoms with Crippen LogP contribution in [-0.4, -0.2) is 19.6 Å². The lowest BCUT2D eigenvalue weighted by molar-refractivity contribution is 0.0735. The summed E-state index contributed by atoms with van der Waals surface area (Å²) in [7, 11) is 1.85. The fraction of sp³-hybridized carbons (Fsp3) is 0.269. The van der Waals surface area contributed by atoms with Crippen molar-refractivity contribution in [2.45, 2.75) is 32.6 Å². The molecule has 0 heterocycles. The molecule has 0 aliphatic carbocycles. The van der Waals surface area contributed by atoms with Gasteiger partial charge in [-0.25, -0.2) is 4.79 Å². The number of benzene rings is 3. The van der Waals surface area contributed by atoms with Crippen molar-refractivity contribution in [1.29, 1.82) is 0 Å². The van der Waals surface area contributed by atoms with Gasteiger partial charge in [-0.3, -0.25) is 0 Å². The summed E-state index contributed by atoms with van der Waals surface area (Å²) in [5, 5.41) is 3.03. The van der Waals surface area contributed by atoms with Crippen LogP contribution in [0.5, 0.6) is 11.5 Å². The quantitative estimate of drug-likeness (QED) is 0.236. The fourth-order valence-electron chi connectivity index (χ4n) is 3.12. The van der Waals surface area contributed by atoms with Crippen LogP contribution in [0.25, 0.3) is 11.1 Å². The van der Waals surface area contributed by atoms with E-state index >= 15 is 0 Å². The first-order valence-corrected chi connectivity index (χ1v) is 10.5. The van der Waals surface area contributed by atoms with Crippen molar-refractivity contribution >= 4 is 11.7 Å². The van der Waals surface area contributed by atoms with Crippen LogP contribution >= 0.6 is 0 Å². The van der Waals surface area contributed by atoms with Crippen LogP contribution in [0, 0.1) is 0 Å². The Hall–Kier alpha value is -3.27. The van der Waals surface area contributed by atoms with Crippen molar-refractivity contribution in [1.82, 2.24) is 0 Å². The molecule has 0 saturated carbocycles. The van der Waals surface area contributed by atoms with Crippen LogP contribution in [0.3, 0.4) is 0 Å². The van der Waals surface area contributed by atoms with Gasteiger partial charge < -0.3 is 14.8 Å². The van der Waals surface area contributed by atoms with Crippen LogP contribution in [0.2, 0.25) is 0 Å². The number of anilines is 1. The lowest BCUT2D eigenvalue weighted by Crippen LogP contribution is -2.08. The maximum absolute atomic E-state index is 12.4. The highest BCUT2D eigenvalue weighted by Crippen LogP contribution is 2.24. The van der Waals surface area contributed by atoms with E-state index < -0.39 is 0 Å². The summed E-state index contributed by atoms with van der Waals surface area (Å²) in [5.41, 5.74) is 3.60. The Kier molecular flexibility index (Phi) is 7.90. The summed E-state index contributed by atoms with van der Waals surface area (Å²) in [5.74, 6) is 1.04. The fourth-order valence-corrected chi connectivity index (χ4v) is 3.12. The number of hydrogen-bond donors (Lipinski definition) is 1. The Morgan fingerprint density at radius 1 is 0.767 bits per heavy atom. The molecule has 3 aromatic carbocycles. The summed E-state index contributed by atoms with van der Waals surface area (Å²) in [6.45, 7) is 2.96. The minimum Gasteiger partial charge on any atom is -0.494 e. The molecule has 0 bridgehead atoms. The van der Waals surface area contributed by atoms with Crippen LogP contribution in [-0.2, 0) is 0 Å². The zero-order chi connectivity index (χ0) is 21.2. The number of carbonyl (C=O) groups is 1. The van der Waals surface area contributed by atoms with Crippen LogP contribution in [0.15, 0.2) is 72.8 Å². The van der Waals surface area contributed by atoms with E-state index in [1.54, 1.807) is 24.3 Å². The summed E-state index contributed by atoms with van der Waals surface area (Å²) >= 11 is 0. The van der Waals surface area contributed by atoms with E-state index in [9.17, 15) is 4.79 Å². The Morgan fingerprint density at radius 3 is 1.97 bits per heavy atom. The molecule has 3 rings (SSSR count). The first-order valence-electron chi connectivity index (χ1n) is 10.5. The van der Waals surface area contributed by atoms with Crippen molar-refractivity contribution in [3.8, 4) is 22.6 Å². The van der Waals surface area contributed by atoms with Gasteiger partial charge >= 0.3 is 5.97 Å². The summed E-state index contributed by atoms with van der Waals surface area (Å²) in [6.07, 6.45) is 4.79. The molecule has 0 aliphatic heterocycles. The third-order valence-electron chi connectivity index (χ3n) is 4.93. The number of rotatable bonds is 10. The van der Waals surface area contributed by atoms with Crippen molar-refractivity contribution < 1.29 is 14.3 Å². The lowest BCUT2D eigenvalue weighted by Gasteiger charge is -2.08. The molecule has 3 aromatic rings. The third kappa shape index (κ3) is 6.11. The predicted octanol–water partition coefficient (Wildman–Crippen LogP) is 6.57. The lowest BCUT2D eigenvalue weighted by atomic mass is 10.0. The monoisotopic (exact) mass is 403 g/mol. The van der Waals surface area contributed by atoms with E-state index in [1.165, 1.54) is 19.3 Å². The summed E-state index contributed by atoms with van der Waals surface area (Å²) < 4.78 is 11.2. The van der Waals surface area contributed by atoms with Crippen molar-refractivity contribution in [3.05, 3.63) is 78.4 Å². The van der Waals surface area contributed by atoms with Crippen LogP contribution in [0.1, 0.15) is 43.0 Å². The maximum atomic E-state index is 12.4. The molecule has 4 heteroatoms. The van der Waals surface area contributed by atoms with Gasteiger partial charge in [-0.1, -0.05) is 50.5 Å². The minimum absolute atomic E-state index is 0.370. The molecule has 0 fully saturated rings. The van der Waals surface area contributed by atoms with Crippen molar-refractivity contribution in [2.24, 2.45) is 0 Å². The molecule has 0 unspecified atom stereocenters. The van der Waals surface area contributed by atoms with E-state index in [4.69, 9.17) is 9.47 Å². The average Bonchev–Trinajstić information content (AvgIpc) is 2.80. The Labute approximate surface area is 178 Å². The highest BCUT2D eigenvalue weighted by molar-refractivity contribution is 5.91. The normalized spacial score (nSPS) is 10.5. The molecule has 1 N–H and O–H groups in total. The zero-order valence-corrected chi connectivity index (χ0v) is 17.7. The molecule has 0 atom stereocenters. The SMILES string of the molecule is CCCCCCOc1ccc(-c2ccc(C(=O)Oc3ccc(NC)cc3)cc2)cc1. The number of unbranched alkanes of at least 4 members (excludes halogenated alkanes) is 3. The van der Waals surface area contributed by atoms with Gasteiger partial charge in [-0.15, -0.1) is 0 Å². The van der Waals surface area contributed by atoms with E-state index in [1.807, 2.05) is 55.6 Å². The minimum atomic E-state index is -0.370. The Balaban J connectivity index is 1.56. The predicted molar refractivity (Wildman–Crippen MR) is 122 cm³/mol. The second-order valence-electron chi connectivity index (χ2n) is 7.17. The molecule has 156 valence electrons. The molecule has 0 amide bonds. The van der Waals surface area contributed by atoms with Gasteiger partial charge in [0.1, 0.15) is 11.5 Å². The van der Waals surface area contributed by atoms with E-state index in [-0.39, 0.29) is 5.97 Å². The molecule has 0 radical (unpaired) electrons. The largest absolute Gasteiger partial charge is 0.494 e. The Morgan fingerprint density at radius 2 is 1.37 bits per heavy atom. The number of esters is 1. The van der Waals surface area contributed by atoms with Gasteiger partial charge in [-0.2, -0.15) is 0 Å². The van der Waals surface area contributed by atoms with Crippen LogP contribution < -0.4 is 14.8 Å². The third-order valence-corrected chi connectivity index (χ3v) is 4.93. The van der Waals surface area contributed by atoms with Gasteiger partial charge in [0.15, 0.2) is 0 Å². The molecular weight excluding hydrogens is 374 g/mol. The molecule has 30 heavy (non-hydrogen) atoms. The van der Waals surface area contributed by atoms with Crippen LogP contribution in [0.4, 0.5) is 5.69 Å². The summed E-state index contributed by atoms with van der Waals surface area (Å²) in [6, 6.07) is 22.8. The zero-order valence-electron chi connectivity index (χ0n) is 17.7. The molecule has 0 saturated heterocycles. The van der Waals surface area contributed by atoms with Gasteiger partial charge in [0.25, 0.3) is 0 Å². The second kappa shape index (κ2) is 11.1. The number of hydrogen-bond acceptors (Lipinski definition) is 4. The smallest absolute Gasteiger partial charge is 0.343 e. The molecular formula is C26H29NO3. The van der Waals surface area contributed by atoms with E-state index in [0.29, 0.717) is 11.3 Å². The first kappa shape index (κ1) is 21.4. The topological polar surface area (TPSA) is 47.6 Å². The highest BCUT2D eigenvalue weighted by Gasteiger charge is 2.09. The molecule has 0 aromatic heterocycles. The number of carbonyl (C=O) groups excluding carboxylic acids is 1. The van der Waals surface area contributed by atoms with Crippen molar-refractivity contribution in [2.75, 3.05) is 19.0 Å². The molecule has 0 aliphatic rings. The maximum Gasteiger partial charge on any atom is 0.343 e. The molecule has 0 spiro atoms. The summed E-state index contributed by atoms with van der Waals surface area (Å²) in [4.78, 5) is 12.4.